The Labute approximate surface area is 84.3 Å². The molecule has 0 aliphatic heterocycles. The molecular formula is H4O3SnSr. The van der Waals surface area contributed by atoms with Gasteiger partial charge in [0.15, 0.2) is 0 Å². The molecule has 0 heterocycles. The van der Waals surface area contributed by atoms with Crippen molar-refractivity contribution in [2.24, 2.45) is 0 Å². The second-order valence-corrected chi connectivity index (χ2v) is 0. The van der Waals surface area contributed by atoms with Crippen LogP contribution in [-0.4, -0.2) is 85.8 Å². The van der Waals surface area contributed by atoms with Crippen molar-refractivity contribution in [2.75, 3.05) is 0 Å². The van der Waals surface area contributed by atoms with Gasteiger partial charge in [-0.1, -0.05) is 0 Å². The molecular weight excluding hydrogens is 254 g/mol. The van der Waals surface area contributed by atoms with E-state index in [2.05, 4.69) is 0 Å². The standard InChI is InChI=1S/3H2O.Sn.Sr/h3*1H2;;/q;;;;+2/p-2. The summed E-state index contributed by atoms with van der Waals surface area (Å²) in [6.45, 7) is 0. The molecule has 0 saturated carbocycles. The smallest absolute Gasteiger partial charge is 0.870 e. The summed E-state index contributed by atoms with van der Waals surface area (Å²) in [5, 5.41) is 0. The Morgan fingerprint density at radius 3 is 0.800 bits per heavy atom. The van der Waals surface area contributed by atoms with Crippen LogP contribution in [0.25, 0.3) is 0 Å². The Kier molecular flexibility index (Phi) is 410. The molecule has 0 aliphatic rings. The summed E-state index contributed by atoms with van der Waals surface area (Å²) >= 11 is 0. The molecule has 0 aliphatic carbocycles. The minimum Gasteiger partial charge on any atom is -0.870 e. The average Bonchev–Trinajstić information content (AvgIpc) is 0. The van der Waals surface area contributed by atoms with Gasteiger partial charge in [-0.05, 0) is 0 Å². The van der Waals surface area contributed by atoms with Crippen molar-refractivity contribution >= 4 is 69.4 Å². The number of rotatable bonds is 0. The predicted molar refractivity (Wildman–Crippen MR) is 19.0 cm³/mol. The van der Waals surface area contributed by atoms with Crippen molar-refractivity contribution in [1.29, 1.82) is 0 Å². The monoisotopic (exact) mass is 260 g/mol. The van der Waals surface area contributed by atoms with Crippen LogP contribution in [0.15, 0.2) is 0 Å². The Bertz CT molecular complexity index is 6.85. The van der Waals surface area contributed by atoms with Gasteiger partial charge < -0.3 is 16.4 Å². The molecule has 0 spiro atoms. The summed E-state index contributed by atoms with van der Waals surface area (Å²) in [6.07, 6.45) is 0. The molecule has 0 rings (SSSR count). The van der Waals surface area contributed by atoms with E-state index in [1.807, 2.05) is 0 Å². The molecule has 0 unspecified atom stereocenters. The first-order chi connectivity index (χ1) is 0. The molecule has 0 aromatic rings. The zero-order valence-electron chi connectivity index (χ0n) is 2.60. The van der Waals surface area contributed by atoms with Crippen LogP contribution in [-0.2, 0) is 0 Å². The van der Waals surface area contributed by atoms with Gasteiger partial charge in [0, 0.05) is 23.9 Å². The zero-order valence-corrected chi connectivity index (χ0v) is 8.93. The van der Waals surface area contributed by atoms with Gasteiger partial charge in [0.1, 0.15) is 0 Å². The van der Waals surface area contributed by atoms with Gasteiger partial charge in [-0.15, -0.1) is 0 Å². The average molecular weight is 258 g/mol. The normalized spacial score (nSPS) is 0. The van der Waals surface area contributed by atoms with E-state index >= 15 is 0 Å². The zero-order chi connectivity index (χ0) is 0. The molecule has 0 atom stereocenters. The van der Waals surface area contributed by atoms with E-state index in [-0.39, 0.29) is 85.8 Å². The fourth-order valence-corrected chi connectivity index (χ4v) is 0. The third-order valence-corrected chi connectivity index (χ3v) is 0. The molecule has 0 aromatic carbocycles. The van der Waals surface area contributed by atoms with Gasteiger partial charge in [-0.3, -0.25) is 0 Å². The Hall–Kier alpha value is 2.16. The molecule has 28 valence electrons. The summed E-state index contributed by atoms with van der Waals surface area (Å²) in [5.74, 6) is 0. The summed E-state index contributed by atoms with van der Waals surface area (Å²) in [4.78, 5) is 0. The fraction of sp³-hybridized carbons (Fsp3) is 0. The fourth-order valence-electron chi connectivity index (χ4n) is 0. The van der Waals surface area contributed by atoms with Crippen LogP contribution in [0.1, 0.15) is 0 Å². The van der Waals surface area contributed by atoms with Crippen LogP contribution in [0, 0.1) is 0 Å². The topological polar surface area (TPSA) is 91.5 Å². The van der Waals surface area contributed by atoms with Crippen LogP contribution in [0.2, 0.25) is 0 Å². The maximum absolute atomic E-state index is 0. The second kappa shape index (κ2) is 35.2. The molecule has 0 saturated heterocycles. The third-order valence-electron chi connectivity index (χ3n) is 0. The quantitative estimate of drug-likeness (QED) is 0.473. The summed E-state index contributed by atoms with van der Waals surface area (Å²) in [5.41, 5.74) is 0. The maximum atomic E-state index is 0. The van der Waals surface area contributed by atoms with Crippen molar-refractivity contribution in [3.05, 3.63) is 0 Å². The largest absolute Gasteiger partial charge is 2.00 e. The van der Waals surface area contributed by atoms with Gasteiger partial charge in [-0.25, -0.2) is 0 Å². The van der Waals surface area contributed by atoms with E-state index in [9.17, 15) is 0 Å². The van der Waals surface area contributed by atoms with E-state index in [0.717, 1.165) is 0 Å². The molecule has 4 radical (unpaired) electrons. The first-order valence-electron chi connectivity index (χ1n) is 0. The van der Waals surface area contributed by atoms with Gasteiger partial charge in [0.05, 0.1) is 0 Å². The van der Waals surface area contributed by atoms with Crippen molar-refractivity contribution in [3.8, 4) is 0 Å². The van der Waals surface area contributed by atoms with Crippen molar-refractivity contribution in [1.82, 2.24) is 0 Å². The van der Waals surface area contributed by atoms with E-state index in [1.165, 1.54) is 0 Å². The van der Waals surface area contributed by atoms with Gasteiger partial charge in [-0.2, -0.15) is 0 Å². The van der Waals surface area contributed by atoms with Crippen molar-refractivity contribution in [3.63, 3.8) is 0 Å². The Balaban J connectivity index is 0. The molecule has 0 fully saturated rings. The summed E-state index contributed by atoms with van der Waals surface area (Å²) < 4.78 is 0. The molecule has 0 amide bonds. The van der Waals surface area contributed by atoms with Crippen LogP contribution < -0.4 is 0 Å². The predicted octanol–water partition coefficient (Wildman–Crippen LogP) is -1.94. The Morgan fingerprint density at radius 1 is 0.800 bits per heavy atom. The molecule has 5 heavy (non-hydrogen) atoms. The van der Waals surface area contributed by atoms with E-state index in [4.69, 9.17) is 0 Å². The first-order valence-corrected chi connectivity index (χ1v) is 0. The van der Waals surface area contributed by atoms with E-state index in [1.54, 1.807) is 0 Å². The third kappa shape index (κ3) is 22.9. The minimum atomic E-state index is 0. The maximum Gasteiger partial charge on any atom is 2.00 e. The van der Waals surface area contributed by atoms with Crippen LogP contribution in [0.5, 0.6) is 0 Å². The van der Waals surface area contributed by atoms with Gasteiger partial charge in [0.2, 0.25) is 0 Å². The van der Waals surface area contributed by atoms with E-state index < -0.39 is 0 Å². The minimum absolute atomic E-state index is 0. The number of hydrogen-bond donors (Lipinski definition) is 0. The van der Waals surface area contributed by atoms with Gasteiger partial charge >= 0.3 is 45.5 Å². The second-order valence-electron chi connectivity index (χ2n) is 0. The summed E-state index contributed by atoms with van der Waals surface area (Å²) in [7, 11) is 0. The summed E-state index contributed by atoms with van der Waals surface area (Å²) in [6, 6.07) is 0. The van der Waals surface area contributed by atoms with Gasteiger partial charge in [0.25, 0.3) is 0 Å². The molecule has 5 heteroatoms. The Morgan fingerprint density at radius 2 is 0.800 bits per heavy atom. The van der Waals surface area contributed by atoms with E-state index in [0.29, 0.717) is 0 Å². The molecule has 0 bridgehead atoms. The first kappa shape index (κ1) is 58.3. The number of hydrogen-bond acceptors (Lipinski definition) is 2. The van der Waals surface area contributed by atoms with Crippen molar-refractivity contribution in [2.45, 2.75) is 0 Å². The van der Waals surface area contributed by atoms with Crippen molar-refractivity contribution < 1.29 is 16.4 Å². The SMILES string of the molecule is O.[OH-].[OH-].[Sn].[Sr+2]. The van der Waals surface area contributed by atoms with Crippen LogP contribution >= 0.6 is 0 Å². The molecule has 3 nitrogen and oxygen atoms in total. The molecule has 0 aromatic heterocycles. The molecule has 4 N–H and O–H groups in total. The van der Waals surface area contributed by atoms with Crippen LogP contribution in [0.4, 0.5) is 0 Å². The van der Waals surface area contributed by atoms with Crippen LogP contribution in [0.3, 0.4) is 0 Å².